The van der Waals surface area contributed by atoms with Crippen LogP contribution in [-0.2, 0) is 11.2 Å². The summed E-state index contributed by atoms with van der Waals surface area (Å²) in [6, 6.07) is 7.05. The summed E-state index contributed by atoms with van der Waals surface area (Å²) in [4.78, 5) is 11.0. The lowest BCUT2D eigenvalue weighted by molar-refractivity contribution is -0.142. The van der Waals surface area contributed by atoms with Gasteiger partial charge in [0.1, 0.15) is 0 Å². The SMILES string of the molecule is CC(=O)NC(CC(F)(F)F)c1ccccc1CC#N. The Balaban J connectivity index is 3.10. The highest BCUT2D eigenvalue weighted by atomic mass is 19.4. The van der Waals surface area contributed by atoms with Gasteiger partial charge < -0.3 is 5.32 Å². The minimum Gasteiger partial charge on any atom is -0.349 e. The third kappa shape index (κ3) is 5.00. The number of hydrogen-bond donors (Lipinski definition) is 1. The number of benzene rings is 1. The minimum absolute atomic E-state index is 0.00408. The zero-order valence-corrected chi connectivity index (χ0v) is 10.3. The van der Waals surface area contributed by atoms with Gasteiger partial charge in [-0.25, -0.2) is 0 Å². The molecule has 0 heterocycles. The molecule has 0 fully saturated rings. The third-order valence-corrected chi connectivity index (χ3v) is 2.51. The minimum atomic E-state index is -4.40. The lowest BCUT2D eigenvalue weighted by Gasteiger charge is -2.22. The normalized spacial score (nSPS) is 12.6. The summed E-state index contributed by atoms with van der Waals surface area (Å²) in [7, 11) is 0. The number of nitrogens with zero attached hydrogens (tertiary/aromatic N) is 1. The fourth-order valence-electron chi connectivity index (χ4n) is 1.84. The van der Waals surface area contributed by atoms with E-state index in [1.54, 1.807) is 18.2 Å². The maximum atomic E-state index is 12.5. The van der Waals surface area contributed by atoms with Crippen LogP contribution in [0.1, 0.15) is 30.5 Å². The van der Waals surface area contributed by atoms with Crippen molar-refractivity contribution in [3.05, 3.63) is 35.4 Å². The molecule has 0 aliphatic carbocycles. The lowest BCUT2D eigenvalue weighted by Crippen LogP contribution is -2.30. The first-order chi connectivity index (χ1) is 8.83. The molecule has 1 atom stereocenters. The highest BCUT2D eigenvalue weighted by Gasteiger charge is 2.33. The van der Waals surface area contributed by atoms with Gasteiger partial charge in [0.2, 0.25) is 5.91 Å². The van der Waals surface area contributed by atoms with E-state index in [2.05, 4.69) is 5.32 Å². The maximum absolute atomic E-state index is 12.5. The van der Waals surface area contributed by atoms with Crippen molar-refractivity contribution >= 4 is 5.91 Å². The quantitative estimate of drug-likeness (QED) is 0.914. The second kappa shape index (κ2) is 6.23. The van der Waals surface area contributed by atoms with Crippen LogP contribution in [0.2, 0.25) is 0 Å². The first kappa shape index (κ1) is 15.0. The molecular formula is C13H13F3N2O. The van der Waals surface area contributed by atoms with Gasteiger partial charge in [-0.2, -0.15) is 18.4 Å². The van der Waals surface area contributed by atoms with Crippen molar-refractivity contribution < 1.29 is 18.0 Å². The van der Waals surface area contributed by atoms with E-state index in [4.69, 9.17) is 5.26 Å². The highest BCUT2D eigenvalue weighted by molar-refractivity contribution is 5.73. The summed E-state index contributed by atoms with van der Waals surface area (Å²) in [5, 5.41) is 11.0. The average Bonchev–Trinajstić information content (AvgIpc) is 2.27. The van der Waals surface area contributed by atoms with E-state index < -0.39 is 24.5 Å². The summed E-state index contributed by atoms with van der Waals surface area (Å²) >= 11 is 0. The monoisotopic (exact) mass is 270 g/mol. The molecule has 1 aromatic rings. The topological polar surface area (TPSA) is 52.9 Å². The first-order valence-electron chi connectivity index (χ1n) is 5.62. The van der Waals surface area contributed by atoms with Gasteiger partial charge in [-0.3, -0.25) is 4.79 Å². The van der Waals surface area contributed by atoms with Crippen LogP contribution >= 0.6 is 0 Å². The summed E-state index contributed by atoms with van der Waals surface area (Å²) in [6.45, 7) is 1.16. The number of amides is 1. The molecule has 1 amide bonds. The third-order valence-electron chi connectivity index (χ3n) is 2.51. The Bertz CT molecular complexity index is 491. The average molecular weight is 270 g/mol. The largest absolute Gasteiger partial charge is 0.391 e. The number of hydrogen-bond acceptors (Lipinski definition) is 2. The van der Waals surface area contributed by atoms with Crippen LogP contribution in [0.5, 0.6) is 0 Å². The summed E-state index contributed by atoms with van der Waals surface area (Å²) in [5.41, 5.74) is 0.824. The molecular weight excluding hydrogens is 257 g/mol. The zero-order valence-electron chi connectivity index (χ0n) is 10.3. The molecule has 1 unspecified atom stereocenters. The molecule has 0 radical (unpaired) electrons. The maximum Gasteiger partial charge on any atom is 0.391 e. The van der Waals surface area contributed by atoms with Crippen LogP contribution in [0.3, 0.4) is 0 Å². The lowest BCUT2D eigenvalue weighted by atomic mass is 9.96. The van der Waals surface area contributed by atoms with Crippen molar-refractivity contribution in [1.29, 1.82) is 5.26 Å². The number of halogens is 3. The number of carbonyl (C=O) groups is 1. The predicted molar refractivity (Wildman–Crippen MR) is 63.0 cm³/mol. The molecule has 102 valence electrons. The van der Waals surface area contributed by atoms with Crippen molar-refractivity contribution in [3.63, 3.8) is 0 Å². The molecule has 3 nitrogen and oxygen atoms in total. The van der Waals surface area contributed by atoms with Crippen molar-refractivity contribution in [2.75, 3.05) is 0 Å². The van der Waals surface area contributed by atoms with Gasteiger partial charge in [0, 0.05) is 6.92 Å². The Morgan fingerprint density at radius 3 is 2.58 bits per heavy atom. The molecule has 0 aliphatic rings. The highest BCUT2D eigenvalue weighted by Crippen LogP contribution is 2.31. The van der Waals surface area contributed by atoms with Crippen molar-refractivity contribution in [3.8, 4) is 6.07 Å². The Morgan fingerprint density at radius 2 is 2.05 bits per heavy atom. The summed E-state index contributed by atoms with van der Waals surface area (Å²) in [6.07, 6.45) is -5.55. The van der Waals surface area contributed by atoms with Crippen molar-refractivity contribution in [2.24, 2.45) is 0 Å². The van der Waals surface area contributed by atoms with Crippen LogP contribution in [-0.4, -0.2) is 12.1 Å². The molecule has 0 aromatic heterocycles. The van der Waals surface area contributed by atoms with Crippen LogP contribution in [0.4, 0.5) is 13.2 Å². The number of rotatable bonds is 4. The molecule has 1 rings (SSSR count). The molecule has 0 saturated heterocycles. The Labute approximate surface area is 109 Å². The van der Waals surface area contributed by atoms with Gasteiger partial charge in [-0.15, -0.1) is 0 Å². The number of alkyl halides is 3. The smallest absolute Gasteiger partial charge is 0.349 e. The Hall–Kier alpha value is -2.03. The number of nitrogens with one attached hydrogen (secondary N) is 1. The van der Waals surface area contributed by atoms with Gasteiger partial charge in [0.05, 0.1) is 25.0 Å². The van der Waals surface area contributed by atoms with Crippen molar-refractivity contribution in [1.82, 2.24) is 5.32 Å². The van der Waals surface area contributed by atoms with E-state index in [0.717, 1.165) is 6.92 Å². The van der Waals surface area contributed by atoms with Crippen LogP contribution in [0, 0.1) is 11.3 Å². The van der Waals surface area contributed by atoms with E-state index in [9.17, 15) is 18.0 Å². The van der Waals surface area contributed by atoms with Crippen LogP contribution < -0.4 is 5.32 Å². The predicted octanol–water partition coefficient (Wildman–Crippen LogP) is 2.88. The summed E-state index contributed by atoms with van der Waals surface area (Å²) in [5.74, 6) is -0.541. The molecule has 1 aromatic carbocycles. The van der Waals surface area contributed by atoms with E-state index in [1.807, 2.05) is 6.07 Å². The van der Waals surface area contributed by atoms with E-state index in [1.165, 1.54) is 6.07 Å². The Morgan fingerprint density at radius 1 is 1.42 bits per heavy atom. The molecule has 6 heteroatoms. The van der Waals surface area contributed by atoms with Crippen LogP contribution in [0.15, 0.2) is 24.3 Å². The Kier molecular flexibility index (Phi) is 4.93. The molecule has 0 bridgehead atoms. The van der Waals surface area contributed by atoms with Gasteiger partial charge in [0.25, 0.3) is 0 Å². The van der Waals surface area contributed by atoms with E-state index in [0.29, 0.717) is 11.1 Å². The van der Waals surface area contributed by atoms with Gasteiger partial charge in [-0.05, 0) is 11.1 Å². The number of carbonyl (C=O) groups excluding carboxylic acids is 1. The zero-order chi connectivity index (χ0) is 14.5. The molecule has 0 aliphatic heterocycles. The van der Waals surface area contributed by atoms with E-state index >= 15 is 0 Å². The standard InChI is InChI=1S/C13H13F3N2O/c1-9(19)18-12(8-13(14,15)16)11-5-3-2-4-10(11)6-7-17/h2-5,12H,6,8H2,1H3,(H,18,19). The fourth-order valence-corrected chi connectivity index (χ4v) is 1.84. The molecule has 0 spiro atoms. The molecule has 1 N–H and O–H groups in total. The first-order valence-corrected chi connectivity index (χ1v) is 5.62. The second-order valence-corrected chi connectivity index (χ2v) is 4.11. The van der Waals surface area contributed by atoms with Gasteiger partial charge in [-0.1, -0.05) is 24.3 Å². The number of nitriles is 1. The fraction of sp³-hybridized carbons (Fsp3) is 0.385. The molecule has 0 saturated carbocycles. The van der Waals surface area contributed by atoms with E-state index in [-0.39, 0.29) is 6.42 Å². The molecule has 19 heavy (non-hydrogen) atoms. The summed E-state index contributed by atoms with van der Waals surface area (Å²) < 4.78 is 37.6. The van der Waals surface area contributed by atoms with Crippen LogP contribution in [0.25, 0.3) is 0 Å². The second-order valence-electron chi connectivity index (χ2n) is 4.11. The van der Waals surface area contributed by atoms with Gasteiger partial charge >= 0.3 is 6.18 Å². The van der Waals surface area contributed by atoms with Gasteiger partial charge in [0.15, 0.2) is 0 Å². The van der Waals surface area contributed by atoms with Crippen molar-refractivity contribution in [2.45, 2.75) is 32.0 Å².